The molecule has 13 heteroatoms. The molecule has 3 N–H and O–H groups in total. The average Bonchev–Trinajstić information content (AvgIpc) is 2.96. The highest BCUT2D eigenvalue weighted by Gasteiger charge is 2.35. The summed E-state index contributed by atoms with van der Waals surface area (Å²) in [7, 11) is -2.59. The molecule has 0 saturated heterocycles. The van der Waals surface area contributed by atoms with Gasteiger partial charge < -0.3 is 25.4 Å². The van der Waals surface area contributed by atoms with Crippen LogP contribution in [0.4, 0.5) is 25.0 Å². The number of hydrogen-bond donors (Lipinski definition) is 3. The van der Waals surface area contributed by atoms with Gasteiger partial charge in [0.25, 0.3) is 5.91 Å². The zero-order chi connectivity index (χ0) is 30.6. The van der Waals surface area contributed by atoms with Crippen LogP contribution in [0.3, 0.4) is 0 Å². The predicted molar refractivity (Wildman–Crippen MR) is 153 cm³/mol. The molecule has 1 aliphatic heterocycles. The number of likely N-dealkylation sites (N-methyl/N-ethyl adjacent to an activating group) is 1. The average molecular weight is 603 g/mol. The molecule has 0 aromatic heterocycles. The Bertz CT molecular complexity index is 1540. The standard InChI is InChI=1S/C29H32F2N4O6S/c1-18-15-35(19(2)17-36)28(37)25-14-23(33-29(38)32-22-8-4-20(30)5-9-22)10-13-26(25)41-27(18)16-34(3)42(39,40)24-11-6-21(31)7-12-24/h4-14,18-19,27,36H,15-17H2,1-3H3,(H2,32,33,38)/t18-,19+,27-/m1/s1. The highest BCUT2D eigenvalue weighted by Crippen LogP contribution is 2.31. The number of benzene rings is 3. The first-order valence-electron chi connectivity index (χ1n) is 13.2. The molecule has 3 amide bonds. The molecule has 42 heavy (non-hydrogen) atoms. The number of halogens is 2. The molecule has 0 unspecified atom stereocenters. The van der Waals surface area contributed by atoms with Crippen molar-refractivity contribution in [2.45, 2.75) is 30.9 Å². The van der Waals surface area contributed by atoms with Gasteiger partial charge in [-0.1, -0.05) is 6.92 Å². The number of aliphatic hydroxyl groups excluding tert-OH is 1. The van der Waals surface area contributed by atoms with Crippen LogP contribution in [0.1, 0.15) is 24.2 Å². The Hall–Kier alpha value is -4.07. The predicted octanol–water partition coefficient (Wildman–Crippen LogP) is 4.15. The first kappa shape index (κ1) is 30.9. The molecule has 0 aliphatic carbocycles. The fraction of sp³-hybridized carbons (Fsp3) is 0.310. The van der Waals surface area contributed by atoms with Crippen molar-refractivity contribution in [3.63, 3.8) is 0 Å². The molecule has 0 radical (unpaired) electrons. The molecule has 3 aromatic rings. The number of carbonyl (C=O) groups excluding carboxylic acids is 2. The summed E-state index contributed by atoms with van der Waals surface area (Å²) in [5.74, 6) is -1.64. The van der Waals surface area contributed by atoms with E-state index in [1.54, 1.807) is 6.92 Å². The summed E-state index contributed by atoms with van der Waals surface area (Å²) < 4.78 is 60.2. The van der Waals surface area contributed by atoms with Gasteiger partial charge in [-0.15, -0.1) is 0 Å². The maximum absolute atomic E-state index is 13.6. The zero-order valence-electron chi connectivity index (χ0n) is 23.3. The lowest BCUT2D eigenvalue weighted by Crippen LogP contribution is -2.50. The van der Waals surface area contributed by atoms with Crippen LogP contribution in [-0.4, -0.2) is 73.6 Å². The van der Waals surface area contributed by atoms with Crippen molar-refractivity contribution in [1.29, 1.82) is 0 Å². The first-order chi connectivity index (χ1) is 19.9. The summed E-state index contributed by atoms with van der Waals surface area (Å²) >= 11 is 0. The second-order valence-electron chi connectivity index (χ2n) is 10.2. The number of carbonyl (C=O) groups is 2. The van der Waals surface area contributed by atoms with Gasteiger partial charge in [0, 0.05) is 30.9 Å². The fourth-order valence-electron chi connectivity index (χ4n) is 4.48. The van der Waals surface area contributed by atoms with E-state index < -0.39 is 45.7 Å². The second kappa shape index (κ2) is 12.8. The van der Waals surface area contributed by atoms with Gasteiger partial charge >= 0.3 is 6.03 Å². The number of sulfonamides is 1. The van der Waals surface area contributed by atoms with Gasteiger partial charge in [-0.2, -0.15) is 4.31 Å². The van der Waals surface area contributed by atoms with Crippen molar-refractivity contribution in [2.75, 3.05) is 37.4 Å². The number of rotatable bonds is 8. The van der Waals surface area contributed by atoms with Crippen LogP contribution in [0.5, 0.6) is 5.75 Å². The zero-order valence-corrected chi connectivity index (χ0v) is 24.1. The topological polar surface area (TPSA) is 128 Å². The lowest BCUT2D eigenvalue weighted by Gasteiger charge is -2.38. The van der Waals surface area contributed by atoms with E-state index in [0.29, 0.717) is 5.69 Å². The highest BCUT2D eigenvalue weighted by molar-refractivity contribution is 7.89. The Morgan fingerprint density at radius 1 is 1.05 bits per heavy atom. The second-order valence-corrected chi connectivity index (χ2v) is 12.2. The van der Waals surface area contributed by atoms with E-state index in [4.69, 9.17) is 4.74 Å². The van der Waals surface area contributed by atoms with Crippen molar-refractivity contribution in [3.8, 4) is 5.75 Å². The molecule has 1 aliphatic rings. The Balaban J connectivity index is 1.61. The smallest absolute Gasteiger partial charge is 0.323 e. The molecule has 4 rings (SSSR count). The minimum Gasteiger partial charge on any atom is -0.488 e. The van der Waals surface area contributed by atoms with Gasteiger partial charge in [-0.25, -0.2) is 22.0 Å². The van der Waals surface area contributed by atoms with Crippen LogP contribution < -0.4 is 15.4 Å². The minimum absolute atomic E-state index is 0.0781. The Labute approximate surface area is 242 Å². The lowest BCUT2D eigenvalue weighted by molar-refractivity contribution is 0.0387. The Morgan fingerprint density at radius 2 is 1.62 bits per heavy atom. The first-order valence-corrected chi connectivity index (χ1v) is 14.6. The maximum atomic E-state index is 13.6. The SMILES string of the molecule is C[C@@H]1CN([C@@H](C)CO)C(=O)c2cc(NC(=O)Nc3ccc(F)cc3)ccc2O[C@@H]1CN(C)S(=O)(=O)c1ccc(F)cc1. The van der Waals surface area contributed by atoms with Gasteiger partial charge in [0.05, 0.1) is 29.7 Å². The van der Waals surface area contributed by atoms with E-state index in [9.17, 15) is 31.9 Å². The normalized spacial score (nSPS) is 18.0. The monoisotopic (exact) mass is 602 g/mol. The molecule has 10 nitrogen and oxygen atoms in total. The summed E-state index contributed by atoms with van der Waals surface area (Å²) in [5.41, 5.74) is 0.734. The highest BCUT2D eigenvalue weighted by atomic mass is 32.2. The lowest BCUT2D eigenvalue weighted by atomic mass is 9.99. The molecular formula is C29H32F2N4O6S. The number of nitrogens with one attached hydrogen (secondary N) is 2. The van der Waals surface area contributed by atoms with Crippen LogP contribution in [-0.2, 0) is 10.0 Å². The van der Waals surface area contributed by atoms with E-state index in [2.05, 4.69) is 10.6 Å². The summed E-state index contributed by atoms with van der Waals surface area (Å²) in [5, 5.41) is 15.1. The number of aliphatic hydroxyl groups is 1. The molecule has 0 fully saturated rings. The molecule has 3 aromatic carbocycles. The van der Waals surface area contributed by atoms with E-state index in [1.165, 1.54) is 66.5 Å². The summed E-state index contributed by atoms with van der Waals surface area (Å²) in [6.45, 7) is 3.25. The van der Waals surface area contributed by atoms with Crippen LogP contribution in [0.25, 0.3) is 0 Å². The van der Waals surface area contributed by atoms with Gasteiger partial charge in [0.1, 0.15) is 23.5 Å². The van der Waals surface area contributed by atoms with Gasteiger partial charge in [-0.05, 0) is 73.7 Å². The third kappa shape index (κ3) is 7.04. The summed E-state index contributed by atoms with van der Waals surface area (Å²) in [6, 6.07) is 13.0. The van der Waals surface area contributed by atoms with Crippen molar-refractivity contribution in [1.82, 2.24) is 9.21 Å². The molecule has 0 saturated carbocycles. The van der Waals surface area contributed by atoms with Crippen molar-refractivity contribution >= 4 is 33.3 Å². The number of urea groups is 1. The summed E-state index contributed by atoms with van der Waals surface area (Å²) in [6.07, 6.45) is -0.717. The van der Waals surface area contributed by atoms with Crippen molar-refractivity contribution < 1.29 is 36.6 Å². The van der Waals surface area contributed by atoms with Crippen LogP contribution in [0.2, 0.25) is 0 Å². The number of fused-ring (bicyclic) bond motifs is 1. The van der Waals surface area contributed by atoms with Crippen LogP contribution in [0, 0.1) is 17.6 Å². The minimum atomic E-state index is -3.98. The van der Waals surface area contributed by atoms with Gasteiger partial charge in [-0.3, -0.25) is 4.79 Å². The molecule has 224 valence electrons. The van der Waals surface area contributed by atoms with E-state index in [-0.39, 0.29) is 47.5 Å². The number of nitrogens with zero attached hydrogens (tertiary/aromatic N) is 2. The number of amides is 3. The van der Waals surface area contributed by atoms with Crippen molar-refractivity contribution in [3.05, 3.63) is 83.9 Å². The van der Waals surface area contributed by atoms with Crippen LogP contribution in [0.15, 0.2) is 71.6 Å². The Kier molecular flexibility index (Phi) is 9.44. The van der Waals surface area contributed by atoms with Gasteiger partial charge in [0.15, 0.2) is 0 Å². The summed E-state index contributed by atoms with van der Waals surface area (Å²) in [4.78, 5) is 27.6. The van der Waals surface area contributed by atoms with Crippen molar-refractivity contribution in [2.24, 2.45) is 5.92 Å². The number of anilines is 2. The van der Waals surface area contributed by atoms with Crippen LogP contribution >= 0.6 is 0 Å². The molecule has 1 heterocycles. The maximum Gasteiger partial charge on any atom is 0.323 e. The Morgan fingerprint density at radius 3 is 2.24 bits per heavy atom. The number of hydrogen-bond acceptors (Lipinski definition) is 6. The quantitative estimate of drug-likeness (QED) is 0.356. The van der Waals surface area contributed by atoms with E-state index >= 15 is 0 Å². The molecule has 3 atom stereocenters. The third-order valence-electron chi connectivity index (χ3n) is 6.98. The van der Waals surface area contributed by atoms with E-state index in [1.807, 2.05) is 6.92 Å². The number of ether oxygens (including phenoxy) is 1. The van der Waals surface area contributed by atoms with E-state index in [0.717, 1.165) is 16.4 Å². The molecule has 0 bridgehead atoms. The molecule has 0 spiro atoms. The van der Waals surface area contributed by atoms with Gasteiger partial charge in [0.2, 0.25) is 10.0 Å². The fourth-order valence-corrected chi connectivity index (χ4v) is 5.67. The largest absolute Gasteiger partial charge is 0.488 e. The third-order valence-corrected chi connectivity index (χ3v) is 8.82. The molecular weight excluding hydrogens is 570 g/mol.